The van der Waals surface area contributed by atoms with Gasteiger partial charge < -0.3 is 4.74 Å². The molecule has 0 saturated carbocycles. The van der Waals surface area contributed by atoms with Crippen molar-refractivity contribution in [1.29, 1.82) is 0 Å². The fraction of sp³-hybridized carbons (Fsp3) is 0.250. The highest BCUT2D eigenvalue weighted by Gasteiger charge is 2.15. The lowest BCUT2D eigenvalue weighted by molar-refractivity contribution is 0.101. The Morgan fingerprint density at radius 3 is 2.90 bits per heavy atom. The minimum Gasteiger partial charge on any atom is -0.496 e. The third kappa shape index (κ3) is 2.90. The number of nitrogens with zero attached hydrogens (tertiary/aromatic N) is 2. The lowest BCUT2D eigenvalue weighted by Crippen LogP contribution is -2.13. The van der Waals surface area contributed by atoms with Gasteiger partial charge in [-0.2, -0.15) is 0 Å². The summed E-state index contributed by atoms with van der Waals surface area (Å²) in [6, 6.07) is 3.75. The zero-order chi connectivity index (χ0) is 14.7. The van der Waals surface area contributed by atoms with Gasteiger partial charge in [0.05, 0.1) is 18.4 Å². The number of thioether (sulfide) groups is 1. The molecule has 0 bridgehead atoms. The van der Waals surface area contributed by atoms with E-state index in [2.05, 4.69) is 10.2 Å². The first kappa shape index (κ1) is 14.3. The summed E-state index contributed by atoms with van der Waals surface area (Å²) in [5.41, 5.74) is -0.191. The van der Waals surface area contributed by atoms with Crippen LogP contribution in [0.3, 0.4) is 0 Å². The molecule has 1 aromatic carbocycles. The van der Waals surface area contributed by atoms with Gasteiger partial charge in [0.15, 0.2) is 10.9 Å². The van der Waals surface area contributed by atoms with E-state index in [0.717, 1.165) is 17.8 Å². The second-order valence-corrected chi connectivity index (χ2v) is 4.87. The monoisotopic (exact) mass is 297 g/mol. The van der Waals surface area contributed by atoms with E-state index in [9.17, 15) is 14.0 Å². The maximum absolute atomic E-state index is 13.2. The summed E-state index contributed by atoms with van der Waals surface area (Å²) < 4.78 is 19.5. The molecule has 0 aliphatic rings. The predicted octanol–water partition coefficient (Wildman–Crippen LogP) is 1.23. The molecule has 0 unspecified atom stereocenters. The summed E-state index contributed by atoms with van der Waals surface area (Å²) in [6.45, 7) is 0. The Balaban J connectivity index is 2.14. The molecule has 0 atom stereocenters. The predicted molar refractivity (Wildman–Crippen MR) is 71.8 cm³/mol. The Labute approximate surface area is 118 Å². The number of rotatable bonds is 5. The van der Waals surface area contributed by atoms with Gasteiger partial charge in [-0.25, -0.2) is 14.3 Å². The molecular formula is C12H12FN3O3S. The largest absolute Gasteiger partial charge is 0.496 e. The van der Waals surface area contributed by atoms with Crippen molar-refractivity contribution in [3.63, 3.8) is 0 Å². The number of ketones is 1. The van der Waals surface area contributed by atoms with E-state index >= 15 is 0 Å². The SMILES string of the molecule is COc1ccc(F)cc1C(=O)CSc1n[nH]c(=O)n1C. The number of aromatic amines is 1. The van der Waals surface area contributed by atoms with Crippen molar-refractivity contribution in [1.82, 2.24) is 14.8 Å². The van der Waals surface area contributed by atoms with E-state index in [1.807, 2.05) is 0 Å². The number of benzene rings is 1. The normalized spacial score (nSPS) is 10.6. The second-order valence-electron chi connectivity index (χ2n) is 3.93. The van der Waals surface area contributed by atoms with Crippen molar-refractivity contribution in [2.45, 2.75) is 5.16 Å². The standard InChI is InChI=1S/C12H12FN3O3S/c1-16-11(18)14-15-12(16)20-6-9(17)8-5-7(13)3-4-10(8)19-2/h3-5H,6H2,1-2H3,(H,14,18). The minimum absolute atomic E-state index is 0.0257. The van der Waals surface area contributed by atoms with Crippen molar-refractivity contribution in [3.05, 3.63) is 40.1 Å². The van der Waals surface area contributed by atoms with Gasteiger partial charge >= 0.3 is 5.69 Å². The van der Waals surface area contributed by atoms with Gasteiger partial charge in [0.25, 0.3) is 0 Å². The second kappa shape index (κ2) is 5.91. The number of ether oxygens (including phenoxy) is 1. The molecule has 0 aliphatic heterocycles. The highest BCUT2D eigenvalue weighted by molar-refractivity contribution is 7.99. The van der Waals surface area contributed by atoms with Crippen LogP contribution in [0.4, 0.5) is 4.39 Å². The van der Waals surface area contributed by atoms with E-state index < -0.39 is 5.82 Å². The Morgan fingerprint density at radius 1 is 1.55 bits per heavy atom. The summed E-state index contributed by atoms with van der Waals surface area (Å²) in [5, 5.41) is 6.43. The van der Waals surface area contributed by atoms with Gasteiger partial charge in [-0.1, -0.05) is 11.8 Å². The van der Waals surface area contributed by atoms with Gasteiger partial charge in [-0.05, 0) is 18.2 Å². The van der Waals surface area contributed by atoms with Crippen molar-refractivity contribution in [2.75, 3.05) is 12.9 Å². The molecule has 0 saturated heterocycles. The van der Waals surface area contributed by atoms with Crippen LogP contribution in [0.5, 0.6) is 5.75 Å². The highest BCUT2D eigenvalue weighted by Crippen LogP contribution is 2.22. The molecule has 6 nitrogen and oxygen atoms in total. The summed E-state index contributed by atoms with van der Waals surface area (Å²) in [7, 11) is 2.95. The molecule has 1 N–H and O–H groups in total. The molecule has 106 valence electrons. The van der Waals surface area contributed by atoms with Gasteiger partial charge in [-0.3, -0.25) is 9.36 Å². The molecule has 0 aliphatic carbocycles. The number of carbonyl (C=O) groups is 1. The van der Waals surface area contributed by atoms with E-state index in [4.69, 9.17) is 4.74 Å². The van der Waals surface area contributed by atoms with Crippen LogP contribution < -0.4 is 10.4 Å². The number of hydrogen-bond acceptors (Lipinski definition) is 5. The van der Waals surface area contributed by atoms with Crippen LogP contribution in [-0.2, 0) is 7.05 Å². The number of methoxy groups -OCH3 is 1. The fourth-order valence-electron chi connectivity index (χ4n) is 1.57. The molecule has 1 heterocycles. The molecule has 20 heavy (non-hydrogen) atoms. The van der Waals surface area contributed by atoms with Gasteiger partial charge in [0.2, 0.25) is 0 Å². The van der Waals surface area contributed by atoms with E-state index in [1.54, 1.807) is 7.05 Å². The summed E-state index contributed by atoms with van der Waals surface area (Å²) >= 11 is 1.09. The molecule has 0 fully saturated rings. The fourth-order valence-corrected chi connectivity index (χ4v) is 2.37. The lowest BCUT2D eigenvalue weighted by Gasteiger charge is -2.07. The summed E-state index contributed by atoms with van der Waals surface area (Å²) in [5.74, 6) is -0.473. The van der Waals surface area contributed by atoms with Crippen LogP contribution in [0.25, 0.3) is 0 Å². The maximum Gasteiger partial charge on any atom is 0.343 e. The molecule has 2 aromatic rings. The van der Waals surface area contributed by atoms with Crippen molar-refractivity contribution < 1.29 is 13.9 Å². The van der Waals surface area contributed by atoms with Gasteiger partial charge in [-0.15, -0.1) is 5.10 Å². The van der Waals surface area contributed by atoms with Crippen LogP contribution in [0.2, 0.25) is 0 Å². The maximum atomic E-state index is 13.2. The average molecular weight is 297 g/mol. The minimum atomic E-state index is -0.508. The smallest absolute Gasteiger partial charge is 0.343 e. The number of nitrogens with one attached hydrogen (secondary N) is 1. The van der Waals surface area contributed by atoms with Crippen LogP contribution in [0.1, 0.15) is 10.4 Å². The van der Waals surface area contributed by atoms with Crippen LogP contribution in [-0.4, -0.2) is 33.4 Å². The van der Waals surface area contributed by atoms with Crippen LogP contribution >= 0.6 is 11.8 Å². The van der Waals surface area contributed by atoms with Crippen molar-refractivity contribution in [3.8, 4) is 5.75 Å². The summed E-state index contributed by atoms with van der Waals surface area (Å²) in [6.07, 6.45) is 0. The zero-order valence-electron chi connectivity index (χ0n) is 10.8. The number of carbonyl (C=O) groups excluding carboxylic acids is 1. The Kier molecular flexibility index (Phi) is 4.23. The Morgan fingerprint density at radius 2 is 2.30 bits per heavy atom. The highest BCUT2D eigenvalue weighted by atomic mass is 32.2. The van der Waals surface area contributed by atoms with Gasteiger partial charge in [0, 0.05) is 7.05 Å². The first-order valence-electron chi connectivity index (χ1n) is 5.64. The molecule has 0 spiro atoms. The third-order valence-electron chi connectivity index (χ3n) is 2.63. The molecule has 0 amide bonds. The first-order valence-corrected chi connectivity index (χ1v) is 6.62. The van der Waals surface area contributed by atoms with E-state index in [0.29, 0.717) is 10.9 Å². The molecule has 2 rings (SSSR count). The Hall–Kier alpha value is -2.09. The van der Waals surface area contributed by atoms with Crippen molar-refractivity contribution >= 4 is 17.5 Å². The Bertz CT molecular complexity index is 695. The number of hydrogen-bond donors (Lipinski definition) is 1. The van der Waals surface area contributed by atoms with E-state index in [-0.39, 0.29) is 22.8 Å². The molecular weight excluding hydrogens is 285 g/mol. The molecule has 0 radical (unpaired) electrons. The number of halogens is 1. The number of aromatic nitrogens is 3. The zero-order valence-corrected chi connectivity index (χ0v) is 11.7. The van der Waals surface area contributed by atoms with Gasteiger partial charge in [0.1, 0.15) is 11.6 Å². The van der Waals surface area contributed by atoms with Crippen LogP contribution in [0.15, 0.2) is 28.2 Å². The topological polar surface area (TPSA) is 77.0 Å². The summed E-state index contributed by atoms with van der Waals surface area (Å²) in [4.78, 5) is 23.3. The number of Topliss-reactive ketones (excluding diaryl/α,β-unsaturated/α-hetero) is 1. The van der Waals surface area contributed by atoms with Crippen LogP contribution in [0, 0.1) is 5.82 Å². The lowest BCUT2D eigenvalue weighted by atomic mass is 10.1. The quantitative estimate of drug-likeness (QED) is 0.663. The van der Waals surface area contributed by atoms with E-state index in [1.165, 1.54) is 23.8 Å². The third-order valence-corrected chi connectivity index (χ3v) is 3.66. The van der Waals surface area contributed by atoms with Crippen molar-refractivity contribution in [2.24, 2.45) is 7.05 Å². The number of H-pyrrole nitrogens is 1. The first-order chi connectivity index (χ1) is 9.52. The average Bonchev–Trinajstić information content (AvgIpc) is 2.76. The molecule has 1 aromatic heterocycles. The molecule has 8 heteroatoms.